The zero-order valence-electron chi connectivity index (χ0n) is 14.6. The van der Waals surface area contributed by atoms with Crippen LogP contribution in [0.5, 0.6) is 11.5 Å². The third-order valence-electron chi connectivity index (χ3n) is 4.34. The van der Waals surface area contributed by atoms with E-state index in [1.165, 1.54) is 0 Å². The minimum atomic E-state index is -0.232. The van der Waals surface area contributed by atoms with Crippen molar-refractivity contribution in [3.8, 4) is 11.5 Å². The molecule has 3 rings (SSSR count). The van der Waals surface area contributed by atoms with Gasteiger partial charge in [0.15, 0.2) is 11.5 Å². The van der Waals surface area contributed by atoms with Crippen molar-refractivity contribution in [1.29, 1.82) is 0 Å². The lowest BCUT2D eigenvalue weighted by molar-refractivity contribution is -0.144. The lowest BCUT2D eigenvalue weighted by Gasteiger charge is -2.19. The van der Waals surface area contributed by atoms with Gasteiger partial charge in [-0.1, -0.05) is 15.9 Å². The maximum absolute atomic E-state index is 12.1. The Morgan fingerprint density at radius 3 is 2.60 bits per heavy atom. The van der Waals surface area contributed by atoms with Gasteiger partial charge in [-0.3, -0.25) is 9.48 Å². The first-order valence-electron chi connectivity index (χ1n) is 8.18. The number of halogens is 1. The fourth-order valence-corrected chi connectivity index (χ4v) is 3.29. The lowest BCUT2D eigenvalue weighted by Crippen LogP contribution is -2.16. The highest BCUT2D eigenvalue weighted by Gasteiger charge is 2.16. The normalized spacial score (nSPS) is 13.0. The SMILES string of the molecule is Cc1nn(C)c(C)c1CCC(=O)OCc1cc2c(cc1Br)OCCO2. The average molecular weight is 409 g/mol. The molecule has 1 aliphatic heterocycles. The molecule has 0 radical (unpaired) electrons. The molecule has 0 fully saturated rings. The Kier molecular flexibility index (Phi) is 5.32. The molecule has 0 unspecified atom stereocenters. The van der Waals surface area contributed by atoms with E-state index in [0.717, 1.165) is 27.0 Å². The van der Waals surface area contributed by atoms with Crippen molar-refractivity contribution >= 4 is 21.9 Å². The molecule has 2 aromatic rings. The van der Waals surface area contributed by atoms with E-state index < -0.39 is 0 Å². The van der Waals surface area contributed by atoms with Crippen LogP contribution in [-0.2, 0) is 29.6 Å². The molecule has 0 bridgehead atoms. The summed E-state index contributed by atoms with van der Waals surface area (Å²) < 4.78 is 19.2. The molecule has 0 saturated heterocycles. The molecule has 0 aliphatic carbocycles. The van der Waals surface area contributed by atoms with Crippen LogP contribution in [0.2, 0.25) is 0 Å². The largest absolute Gasteiger partial charge is 0.486 e. The Hall–Kier alpha value is -2.02. The summed E-state index contributed by atoms with van der Waals surface area (Å²) in [6, 6.07) is 3.70. The van der Waals surface area contributed by atoms with Gasteiger partial charge in [-0.05, 0) is 38.0 Å². The second kappa shape index (κ2) is 7.47. The first-order valence-corrected chi connectivity index (χ1v) is 8.97. The number of hydrogen-bond donors (Lipinski definition) is 0. The van der Waals surface area contributed by atoms with Gasteiger partial charge in [-0.2, -0.15) is 5.10 Å². The van der Waals surface area contributed by atoms with Crippen molar-refractivity contribution in [3.05, 3.63) is 39.1 Å². The number of benzene rings is 1. The highest BCUT2D eigenvalue weighted by molar-refractivity contribution is 9.10. The summed E-state index contributed by atoms with van der Waals surface area (Å²) in [5.41, 5.74) is 4.01. The van der Waals surface area contributed by atoms with Gasteiger partial charge in [0.05, 0.1) is 5.69 Å². The molecule has 0 amide bonds. The molecule has 0 saturated carbocycles. The molecule has 1 aromatic heterocycles. The van der Waals surface area contributed by atoms with Crippen molar-refractivity contribution in [2.24, 2.45) is 7.05 Å². The molecule has 0 atom stereocenters. The molecule has 2 heterocycles. The van der Waals surface area contributed by atoms with Crippen LogP contribution >= 0.6 is 15.9 Å². The third kappa shape index (κ3) is 3.98. The summed E-state index contributed by atoms with van der Waals surface area (Å²) in [7, 11) is 1.91. The van der Waals surface area contributed by atoms with E-state index in [9.17, 15) is 4.79 Å². The molecule has 7 heteroatoms. The van der Waals surface area contributed by atoms with Crippen LogP contribution in [0.3, 0.4) is 0 Å². The molecular weight excluding hydrogens is 388 g/mol. The monoisotopic (exact) mass is 408 g/mol. The van der Waals surface area contributed by atoms with Gasteiger partial charge >= 0.3 is 5.97 Å². The number of carbonyl (C=O) groups is 1. The van der Waals surface area contributed by atoms with E-state index in [4.69, 9.17) is 14.2 Å². The number of fused-ring (bicyclic) bond motifs is 1. The first kappa shape index (κ1) is 17.8. The molecule has 134 valence electrons. The number of esters is 1. The van der Waals surface area contributed by atoms with Crippen LogP contribution in [-0.4, -0.2) is 29.0 Å². The van der Waals surface area contributed by atoms with E-state index >= 15 is 0 Å². The number of aromatic nitrogens is 2. The van der Waals surface area contributed by atoms with Gasteiger partial charge in [-0.15, -0.1) is 0 Å². The Bertz CT molecular complexity index is 801. The van der Waals surface area contributed by atoms with E-state index in [0.29, 0.717) is 37.6 Å². The van der Waals surface area contributed by atoms with E-state index in [2.05, 4.69) is 21.0 Å². The number of rotatable bonds is 5. The Morgan fingerprint density at radius 2 is 1.96 bits per heavy atom. The second-order valence-electron chi connectivity index (χ2n) is 6.02. The van der Waals surface area contributed by atoms with E-state index in [1.807, 2.05) is 37.7 Å². The smallest absolute Gasteiger partial charge is 0.306 e. The van der Waals surface area contributed by atoms with E-state index in [1.54, 1.807) is 0 Å². The maximum atomic E-state index is 12.1. The highest BCUT2D eigenvalue weighted by Crippen LogP contribution is 2.35. The molecule has 0 spiro atoms. The minimum Gasteiger partial charge on any atom is -0.486 e. The van der Waals surface area contributed by atoms with Gasteiger partial charge in [0.25, 0.3) is 0 Å². The summed E-state index contributed by atoms with van der Waals surface area (Å²) in [6.45, 7) is 5.23. The van der Waals surface area contributed by atoms with Gasteiger partial charge in [0, 0.05) is 29.2 Å². The second-order valence-corrected chi connectivity index (χ2v) is 6.88. The first-order chi connectivity index (χ1) is 12.0. The van der Waals surface area contributed by atoms with Crippen molar-refractivity contribution in [1.82, 2.24) is 9.78 Å². The molecule has 0 N–H and O–H groups in total. The van der Waals surface area contributed by atoms with Gasteiger partial charge in [-0.25, -0.2) is 0 Å². The number of carbonyl (C=O) groups excluding carboxylic acids is 1. The summed E-state index contributed by atoms with van der Waals surface area (Å²) >= 11 is 3.49. The standard InChI is InChI=1S/C18H21BrN2O4/c1-11-14(12(2)21(3)20-11)4-5-18(22)25-10-13-8-16-17(9-15(13)19)24-7-6-23-16/h8-9H,4-7,10H2,1-3H3. The molecule has 1 aromatic carbocycles. The summed E-state index contributed by atoms with van der Waals surface area (Å²) in [5.74, 6) is 1.15. The number of nitrogens with zero attached hydrogens (tertiary/aromatic N) is 2. The molecule has 25 heavy (non-hydrogen) atoms. The van der Waals surface area contributed by atoms with Gasteiger partial charge < -0.3 is 14.2 Å². The minimum absolute atomic E-state index is 0.195. The fraction of sp³-hybridized carbons (Fsp3) is 0.444. The Balaban J connectivity index is 1.57. The highest BCUT2D eigenvalue weighted by atomic mass is 79.9. The number of ether oxygens (including phenoxy) is 3. The topological polar surface area (TPSA) is 62.6 Å². The predicted octanol–water partition coefficient (Wildman–Crippen LogP) is 3.25. The average Bonchev–Trinajstić information content (AvgIpc) is 2.83. The Morgan fingerprint density at radius 1 is 1.28 bits per heavy atom. The van der Waals surface area contributed by atoms with Crippen molar-refractivity contribution in [2.75, 3.05) is 13.2 Å². The van der Waals surface area contributed by atoms with Crippen molar-refractivity contribution in [2.45, 2.75) is 33.3 Å². The van der Waals surface area contributed by atoms with Crippen LogP contribution in [0, 0.1) is 13.8 Å². The summed E-state index contributed by atoms with van der Waals surface area (Å²) in [6.07, 6.45) is 0.961. The van der Waals surface area contributed by atoms with E-state index in [-0.39, 0.29) is 12.6 Å². The zero-order chi connectivity index (χ0) is 18.0. The summed E-state index contributed by atoms with van der Waals surface area (Å²) in [5, 5.41) is 4.37. The quantitative estimate of drug-likeness (QED) is 0.710. The maximum Gasteiger partial charge on any atom is 0.306 e. The van der Waals surface area contributed by atoms with Crippen LogP contribution in [0.15, 0.2) is 16.6 Å². The molecular formula is C18H21BrN2O4. The Labute approximate surface area is 155 Å². The zero-order valence-corrected chi connectivity index (χ0v) is 16.2. The fourth-order valence-electron chi connectivity index (χ4n) is 2.85. The van der Waals surface area contributed by atoms with Crippen LogP contribution in [0.4, 0.5) is 0 Å². The van der Waals surface area contributed by atoms with Crippen LogP contribution < -0.4 is 9.47 Å². The van der Waals surface area contributed by atoms with Crippen molar-refractivity contribution in [3.63, 3.8) is 0 Å². The lowest BCUT2D eigenvalue weighted by atomic mass is 10.1. The van der Waals surface area contributed by atoms with Gasteiger partial charge in [0.2, 0.25) is 0 Å². The number of hydrogen-bond acceptors (Lipinski definition) is 5. The molecule has 1 aliphatic rings. The van der Waals surface area contributed by atoms with Gasteiger partial charge in [0.1, 0.15) is 19.8 Å². The van der Waals surface area contributed by atoms with Crippen LogP contribution in [0.1, 0.15) is 28.9 Å². The van der Waals surface area contributed by atoms with Crippen molar-refractivity contribution < 1.29 is 19.0 Å². The predicted molar refractivity (Wildman–Crippen MR) is 95.9 cm³/mol. The number of aryl methyl sites for hydroxylation is 2. The third-order valence-corrected chi connectivity index (χ3v) is 5.08. The molecule has 6 nitrogen and oxygen atoms in total. The summed E-state index contributed by atoms with van der Waals surface area (Å²) in [4.78, 5) is 12.1. The van der Waals surface area contributed by atoms with Crippen LogP contribution in [0.25, 0.3) is 0 Å².